The van der Waals surface area contributed by atoms with E-state index < -0.39 is 0 Å². The molecule has 0 atom stereocenters. The van der Waals surface area contributed by atoms with Crippen LogP contribution < -0.4 is 16.4 Å². The molecule has 0 aromatic carbocycles. The molecule has 138 valence electrons. The van der Waals surface area contributed by atoms with Crippen LogP contribution in [-0.4, -0.2) is 25.0 Å². The fourth-order valence-electron chi connectivity index (χ4n) is 2.39. The molecule has 0 aromatic heterocycles. The SMILES string of the molecule is CCCCCCCCCCCC(=O)NCCCCNC(=N)N.Cl. The van der Waals surface area contributed by atoms with Gasteiger partial charge < -0.3 is 16.4 Å². The summed E-state index contributed by atoms with van der Waals surface area (Å²) in [5.74, 6) is 0.178. The molecule has 0 saturated heterocycles. The van der Waals surface area contributed by atoms with Gasteiger partial charge in [-0.25, -0.2) is 0 Å². The Labute approximate surface area is 148 Å². The number of guanidine groups is 1. The van der Waals surface area contributed by atoms with E-state index in [1.165, 1.54) is 51.4 Å². The van der Waals surface area contributed by atoms with Gasteiger partial charge in [-0.05, 0) is 19.3 Å². The van der Waals surface area contributed by atoms with Gasteiger partial charge in [0.15, 0.2) is 5.96 Å². The molecule has 0 saturated carbocycles. The van der Waals surface area contributed by atoms with Crippen molar-refractivity contribution >= 4 is 24.3 Å². The summed E-state index contributed by atoms with van der Waals surface area (Å²) in [4.78, 5) is 11.6. The lowest BCUT2D eigenvalue weighted by molar-refractivity contribution is -0.121. The average Bonchev–Trinajstić information content (AvgIpc) is 2.48. The van der Waals surface area contributed by atoms with Crippen LogP contribution in [0.4, 0.5) is 0 Å². The first kappa shape index (κ1) is 24.3. The third-order valence-electron chi connectivity index (χ3n) is 3.75. The van der Waals surface area contributed by atoms with Gasteiger partial charge in [0.05, 0.1) is 0 Å². The van der Waals surface area contributed by atoms with Crippen LogP contribution in [0.1, 0.15) is 84.0 Å². The van der Waals surface area contributed by atoms with Gasteiger partial charge in [0.25, 0.3) is 0 Å². The second-order valence-electron chi connectivity index (χ2n) is 5.98. The predicted molar refractivity (Wildman–Crippen MR) is 101 cm³/mol. The highest BCUT2D eigenvalue weighted by Crippen LogP contribution is 2.10. The first-order chi connectivity index (χ1) is 10.7. The minimum Gasteiger partial charge on any atom is -0.370 e. The highest BCUT2D eigenvalue weighted by Gasteiger charge is 2.00. The number of halogens is 1. The molecule has 0 aliphatic carbocycles. The first-order valence-corrected chi connectivity index (χ1v) is 9.01. The molecule has 0 aromatic rings. The molecule has 1 amide bonds. The third kappa shape index (κ3) is 21.0. The number of hydrogen-bond acceptors (Lipinski definition) is 2. The van der Waals surface area contributed by atoms with E-state index >= 15 is 0 Å². The number of amides is 1. The van der Waals surface area contributed by atoms with E-state index in [0.717, 1.165) is 25.8 Å². The second kappa shape index (κ2) is 19.1. The van der Waals surface area contributed by atoms with Crippen molar-refractivity contribution in [2.75, 3.05) is 13.1 Å². The minimum atomic E-state index is 0. The summed E-state index contributed by atoms with van der Waals surface area (Å²) in [5.41, 5.74) is 5.18. The Morgan fingerprint density at radius 1 is 0.826 bits per heavy atom. The van der Waals surface area contributed by atoms with Crippen molar-refractivity contribution in [1.29, 1.82) is 5.41 Å². The largest absolute Gasteiger partial charge is 0.370 e. The Kier molecular flexibility index (Phi) is 20.1. The number of carbonyl (C=O) groups is 1. The summed E-state index contributed by atoms with van der Waals surface area (Å²) in [6.07, 6.45) is 14.0. The van der Waals surface area contributed by atoms with E-state index in [0.29, 0.717) is 13.0 Å². The lowest BCUT2D eigenvalue weighted by Crippen LogP contribution is -2.31. The number of nitrogens with one attached hydrogen (secondary N) is 3. The minimum absolute atomic E-state index is 0. The van der Waals surface area contributed by atoms with E-state index in [1.54, 1.807) is 0 Å². The van der Waals surface area contributed by atoms with Crippen molar-refractivity contribution in [3.63, 3.8) is 0 Å². The van der Waals surface area contributed by atoms with Crippen LogP contribution in [0, 0.1) is 5.41 Å². The Hall–Kier alpha value is -0.970. The summed E-state index contributed by atoms with van der Waals surface area (Å²) < 4.78 is 0. The van der Waals surface area contributed by atoms with Crippen molar-refractivity contribution in [1.82, 2.24) is 10.6 Å². The molecule has 23 heavy (non-hydrogen) atoms. The van der Waals surface area contributed by atoms with Gasteiger partial charge in [0.1, 0.15) is 0 Å². The van der Waals surface area contributed by atoms with E-state index in [1.807, 2.05) is 0 Å². The quantitative estimate of drug-likeness (QED) is 0.206. The van der Waals surface area contributed by atoms with Gasteiger partial charge in [0, 0.05) is 19.5 Å². The topological polar surface area (TPSA) is 91.0 Å². The van der Waals surface area contributed by atoms with Crippen LogP contribution >= 0.6 is 12.4 Å². The standard InChI is InChI=1S/C17H36N4O.ClH/c1-2-3-4-5-6-7-8-9-10-13-16(22)20-14-11-12-15-21-17(18)19;/h2-15H2,1H3,(H,20,22)(H4,18,19,21);1H. The van der Waals surface area contributed by atoms with Crippen LogP contribution in [0.2, 0.25) is 0 Å². The Morgan fingerprint density at radius 2 is 1.30 bits per heavy atom. The predicted octanol–water partition coefficient (Wildman–Crippen LogP) is 3.71. The fraction of sp³-hybridized carbons (Fsp3) is 0.882. The second-order valence-corrected chi connectivity index (χ2v) is 5.98. The van der Waals surface area contributed by atoms with Crippen LogP contribution in [0.25, 0.3) is 0 Å². The summed E-state index contributed by atoms with van der Waals surface area (Å²) in [7, 11) is 0. The van der Waals surface area contributed by atoms with Gasteiger partial charge in [-0.2, -0.15) is 0 Å². The maximum atomic E-state index is 11.6. The Balaban J connectivity index is 0. The lowest BCUT2D eigenvalue weighted by Gasteiger charge is -2.06. The van der Waals surface area contributed by atoms with Crippen molar-refractivity contribution in [2.24, 2.45) is 5.73 Å². The van der Waals surface area contributed by atoms with Crippen LogP contribution in [0.5, 0.6) is 0 Å². The molecule has 0 heterocycles. The van der Waals surface area contributed by atoms with Gasteiger partial charge in [-0.3, -0.25) is 10.2 Å². The molecule has 0 aliphatic heterocycles. The van der Waals surface area contributed by atoms with Crippen molar-refractivity contribution in [3.05, 3.63) is 0 Å². The average molecular weight is 349 g/mol. The van der Waals surface area contributed by atoms with Crippen molar-refractivity contribution in [2.45, 2.75) is 84.0 Å². The molecule has 0 bridgehead atoms. The molecule has 5 nitrogen and oxygen atoms in total. The maximum absolute atomic E-state index is 11.6. The van der Waals surface area contributed by atoms with Gasteiger partial charge >= 0.3 is 0 Å². The zero-order valence-electron chi connectivity index (χ0n) is 14.8. The summed E-state index contributed by atoms with van der Waals surface area (Å²) in [6, 6.07) is 0. The molecule has 6 heteroatoms. The molecule has 0 radical (unpaired) electrons. The highest BCUT2D eigenvalue weighted by molar-refractivity contribution is 5.85. The zero-order chi connectivity index (χ0) is 16.5. The van der Waals surface area contributed by atoms with E-state index in [9.17, 15) is 4.79 Å². The Morgan fingerprint density at radius 3 is 1.83 bits per heavy atom. The smallest absolute Gasteiger partial charge is 0.219 e. The molecule has 0 unspecified atom stereocenters. The monoisotopic (exact) mass is 348 g/mol. The van der Waals surface area contributed by atoms with Crippen LogP contribution in [0.3, 0.4) is 0 Å². The van der Waals surface area contributed by atoms with E-state index in [2.05, 4.69) is 17.6 Å². The zero-order valence-corrected chi connectivity index (χ0v) is 15.6. The van der Waals surface area contributed by atoms with Gasteiger partial charge in [-0.15, -0.1) is 12.4 Å². The van der Waals surface area contributed by atoms with E-state index in [4.69, 9.17) is 11.1 Å². The summed E-state index contributed by atoms with van der Waals surface area (Å²) in [5, 5.41) is 12.7. The first-order valence-electron chi connectivity index (χ1n) is 9.01. The summed E-state index contributed by atoms with van der Waals surface area (Å²) >= 11 is 0. The van der Waals surface area contributed by atoms with Crippen molar-refractivity contribution in [3.8, 4) is 0 Å². The Bertz CT molecular complexity index is 288. The number of hydrogen-bond donors (Lipinski definition) is 4. The normalized spacial score (nSPS) is 9.96. The van der Waals surface area contributed by atoms with Crippen LogP contribution in [-0.2, 0) is 4.79 Å². The van der Waals surface area contributed by atoms with Gasteiger partial charge in [0.2, 0.25) is 5.91 Å². The molecule has 0 rings (SSSR count). The highest BCUT2D eigenvalue weighted by atomic mass is 35.5. The molecular weight excluding hydrogens is 312 g/mol. The van der Waals surface area contributed by atoms with Gasteiger partial charge in [-0.1, -0.05) is 58.3 Å². The molecule has 0 fully saturated rings. The number of nitrogens with two attached hydrogens (primary N) is 1. The number of carbonyl (C=O) groups excluding carboxylic acids is 1. The van der Waals surface area contributed by atoms with Crippen molar-refractivity contribution < 1.29 is 4.79 Å². The third-order valence-corrected chi connectivity index (χ3v) is 3.75. The molecule has 0 aliphatic rings. The number of rotatable bonds is 15. The van der Waals surface area contributed by atoms with Crippen LogP contribution in [0.15, 0.2) is 0 Å². The maximum Gasteiger partial charge on any atom is 0.219 e. The lowest BCUT2D eigenvalue weighted by atomic mass is 10.1. The molecule has 0 spiro atoms. The number of unbranched alkanes of at least 4 members (excludes halogenated alkanes) is 9. The molecular formula is C17H37ClN4O. The van der Waals surface area contributed by atoms with E-state index in [-0.39, 0.29) is 24.3 Å². The fourth-order valence-corrected chi connectivity index (χ4v) is 2.39. The summed E-state index contributed by atoms with van der Waals surface area (Å²) in [6.45, 7) is 3.66. The molecule has 5 N–H and O–H groups in total.